The highest BCUT2D eigenvalue weighted by atomic mass is 32.1. The van der Waals surface area contributed by atoms with Crippen LogP contribution in [0, 0.1) is 13.8 Å². The normalized spacial score (nSPS) is 15.3. The number of hydrogen-bond donors (Lipinski definition) is 0. The molecule has 1 amide bonds. The van der Waals surface area contributed by atoms with Gasteiger partial charge in [0.1, 0.15) is 5.58 Å². The van der Waals surface area contributed by atoms with Gasteiger partial charge in [0, 0.05) is 11.6 Å². The average molecular weight is 449 g/mol. The third-order valence-corrected chi connectivity index (χ3v) is 6.61. The summed E-state index contributed by atoms with van der Waals surface area (Å²) < 4.78 is 16.9. The lowest BCUT2D eigenvalue weighted by atomic mass is 9.97. The van der Waals surface area contributed by atoms with Gasteiger partial charge in [-0.3, -0.25) is 14.5 Å². The Kier molecular flexibility index (Phi) is 4.74. The van der Waals surface area contributed by atoms with E-state index in [-0.39, 0.29) is 11.2 Å². The molecule has 2 aromatic heterocycles. The van der Waals surface area contributed by atoms with Crippen LogP contribution < -0.4 is 19.8 Å². The van der Waals surface area contributed by atoms with Gasteiger partial charge >= 0.3 is 0 Å². The Hall–Kier alpha value is -3.65. The number of fused-ring (bicyclic) bond motifs is 2. The van der Waals surface area contributed by atoms with Crippen molar-refractivity contribution in [2.24, 2.45) is 0 Å². The highest BCUT2D eigenvalue weighted by Gasteiger charge is 2.45. The van der Waals surface area contributed by atoms with Crippen LogP contribution >= 0.6 is 11.3 Å². The van der Waals surface area contributed by atoms with Crippen LogP contribution in [-0.4, -0.2) is 25.1 Å². The van der Waals surface area contributed by atoms with E-state index in [1.165, 1.54) is 16.2 Å². The lowest BCUT2D eigenvalue weighted by molar-refractivity contribution is 0.0971. The molecule has 0 aliphatic carbocycles. The Morgan fingerprint density at radius 1 is 1.03 bits per heavy atom. The third-order valence-electron chi connectivity index (χ3n) is 5.84. The number of ether oxygens (including phenoxy) is 2. The minimum atomic E-state index is -0.703. The first-order chi connectivity index (χ1) is 15.4. The van der Waals surface area contributed by atoms with E-state index in [4.69, 9.17) is 13.9 Å². The molecule has 0 fully saturated rings. The molecule has 0 unspecified atom stereocenters. The van der Waals surface area contributed by atoms with Crippen LogP contribution in [0.1, 0.15) is 38.9 Å². The Labute approximate surface area is 187 Å². The van der Waals surface area contributed by atoms with Crippen molar-refractivity contribution in [2.45, 2.75) is 19.9 Å². The maximum Gasteiger partial charge on any atom is 0.297 e. The van der Waals surface area contributed by atoms with Gasteiger partial charge in [-0.1, -0.05) is 6.07 Å². The fourth-order valence-corrected chi connectivity index (χ4v) is 4.77. The van der Waals surface area contributed by atoms with E-state index in [9.17, 15) is 9.59 Å². The van der Waals surface area contributed by atoms with E-state index in [0.717, 1.165) is 11.1 Å². The molecule has 5 rings (SSSR count). The van der Waals surface area contributed by atoms with Crippen LogP contribution in [0.3, 0.4) is 0 Å². The van der Waals surface area contributed by atoms with Crippen molar-refractivity contribution in [3.8, 4) is 11.5 Å². The number of amides is 1. The van der Waals surface area contributed by atoms with Gasteiger partial charge in [0.2, 0.25) is 5.76 Å². The second-order valence-corrected chi connectivity index (χ2v) is 8.49. The number of rotatable bonds is 4. The van der Waals surface area contributed by atoms with E-state index >= 15 is 0 Å². The summed E-state index contributed by atoms with van der Waals surface area (Å²) in [6.45, 7) is 3.89. The Morgan fingerprint density at radius 2 is 1.78 bits per heavy atom. The molecule has 3 heterocycles. The molecule has 1 atom stereocenters. The SMILES string of the molecule is COc1ccc([C@H]2c3c(oc4cc(C)c(C)cc4c3=O)C(=O)N2c2nccs2)cc1OC. The van der Waals surface area contributed by atoms with Crippen LogP contribution in [0.5, 0.6) is 11.5 Å². The predicted octanol–water partition coefficient (Wildman–Crippen LogP) is 4.63. The maximum absolute atomic E-state index is 13.7. The number of nitrogens with zero attached hydrogens (tertiary/aromatic N) is 2. The van der Waals surface area contributed by atoms with Crippen LogP contribution in [0.15, 0.2) is 51.1 Å². The van der Waals surface area contributed by atoms with Crippen LogP contribution in [0.4, 0.5) is 5.13 Å². The van der Waals surface area contributed by atoms with E-state index in [2.05, 4.69) is 4.98 Å². The zero-order valence-corrected chi connectivity index (χ0v) is 18.8. The number of methoxy groups -OCH3 is 2. The first-order valence-electron chi connectivity index (χ1n) is 9.97. The van der Waals surface area contributed by atoms with Crippen molar-refractivity contribution in [1.82, 2.24) is 4.98 Å². The van der Waals surface area contributed by atoms with Gasteiger partial charge in [0.15, 0.2) is 22.1 Å². The quantitative estimate of drug-likeness (QED) is 0.453. The highest BCUT2D eigenvalue weighted by molar-refractivity contribution is 7.13. The van der Waals surface area contributed by atoms with E-state index in [1.54, 1.807) is 44.0 Å². The summed E-state index contributed by atoms with van der Waals surface area (Å²) in [4.78, 5) is 33.1. The van der Waals surface area contributed by atoms with E-state index in [1.807, 2.05) is 26.0 Å². The summed E-state index contributed by atoms with van der Waals surface area (Å²) in [7, 11) is 3.10. The number of anilines is 1. The second-order valence-electron chi connectivity index (χ2n) is 7.61. The van der Waals surface area contributed by atoms with Gasteiger partial charge < -0.3 is 13.9 Å². The summed E-state index contributed by atoms with van der Waals surface area (Å²) >= 11 is 1.32. The van der Waals surface area contributed by atoms with Crippen LogP contribution in [0.25, 0.3) is 11.0 Å². The van der Waals surface area contributed by atoms with E-state index < -0.39 is 11.9 Å². The minimum absolute atomic E-state index is 0.0423. The molecule has 1 aliphatic heterocycles. The number of carbonyl (C=O) groups excluding carboxylic acids is 1. The lowest BCUT2D eigenvalue weighted by Crippen LogP contribution is -2.29. The molecule has 8 heteroatoms. The van der Waals surface area contributed by atoms with Gasteiger partial charge in [-0.25, -0.2) is 4.98 Å². The monoisotopic (exact) mass is 448 g/mol. The Bertz CT molecular complexity index is 1420. The minimum Gasteiger partial charge on any atom is -0.493 e. The number of thiazole rings is 1. The predicted molar refractivity (Wildman–Crippen MR) is 122 cm³/mol. The van der Waals surface area contributed by atoms with Gasteiger partial charge in [0.05, 0.1) is 31.2 Å². The zero-order chi connectivity index (χ0) is 22.6. The summed E-state index contributed by atoms with van der Waals surface area (Å²) in [6.07, 6.45) is 1.63. The van der Waals surface area contributed by atoms with Crippen molar-refractivity contribution in [3.63, 3.8) is 0 Å². The highest BCUT2D eigenvalue weighted by Crippen LogP contribution is 2.43. The molecule has 162 valence electrons. The van der Waals surface area contributed by atoms with Crippen molar-refractivity contribution < 1.29 is 18.7 Å². The second kappa shape index (κ2) is 7.49. The molecular formula is C24H20N2O5S. The molecule has 0 bridgehead atoms. The summed E-state index contributed by atoms with van der Waals surface area (Å²) in [5.74, 6) is 0.701. The molecule has 0 spiro atoms. The maximum atomic E-state index is 13.7. The first-order valence-corrected chi connectivity index (χ1v) is 10.9. The molecule has 0 saturated carbocycles. The van der Waals surface area contributed by atoms with Gasteiger partial charge in [0.25, 0.3) is 5.91 Å². The zero-order valence-electron chi connectivity index (χ0n) is 18.0. The van der Waals surface area contributed by atoms with Gasteiger partial charge in [-0.15, -0.1) is 11.3 Å². The number of carbonyl (C=O) groups is 1. The van der Waals surface area contributed by atoms with Crippen LogP contribution in [0.2, 0.25) is 0 Å². The molecule has 0 saturated heterocycles. The third kappa shape index (κ3) is 2.90. The molecule has 32 heavy (non-hydrogen) atoms. The molecular weight excluding hydrogens is 428 g/mol. The molecule has 7 nitrogen and oxygen atoms in total. The standard InChI is InChI=1S/C24H20N2O5S/c1-12-9-15-17(10-13(12)2)31-22-19(21(15)27)20(26(23(22)28)24-25-7-8-32-24)14-5-6-16(29-3)18(11-14)30-4/h5-11,20H,1-4H3/t20-/m0/s1. The topological polar surface area (TPSA) is 81.9 Å². The summed E-state index contributed by atoms with van der Waals surface area (Å²) in [6, 6.07) is 8.27. The fraction of sp³-hybridized carbons (Fsp3) is 0.208. The van der Waals surface area contributed by atoms with Gasteiger partial charge in [-0.05, 0) is 54.8 Å². The largest absolute Gasteiger partial charge is 0.493 e. The first kappa shape index (κ1) is 20.3. The molecule has 2 aromatic carbocycles. The average Bonchev–Trinajstić information content (AvgIpc) is 3.41. The molecule has 1 aliphatic rings. The van der Waals surface area contributed by atoms with Gasteiger partial charge in [-0.2, -0.15) is 0 Å². The number of benzene rings is 2. The summed E-state index contributed by atoms with van der Waals surface area (Å²) in [5, 5.41) is 2.72. The lowest BCUT2D eigenvalue weighted by Gasteiger charge is -2.23. The molecule has 0 radical (unpaired) electrons. The van der Waals surface area contributed by atoms with Crippen molar-refractivity contribution in [3.05, 3.63) is 80.1 Å². The fourth-order valence-electron chi connectivity index (χ4n) is 4.10. The smallest absolute Gasteiger partial charge is 0.297 e. The van der Waals surface area contributed by atoms with Crippen LogP contribution in [-0.2, 0) is 0 Å². The molecule has 0 N–H and O–H groups in total. The number of aromatic nitrogens is 1. The van der Waals surface area contributed by atoms with Crippen molar-refractivity contribution >= 4 is 33.3 Å². The summed E-state index contributed by atoms with van der Waals surface area (Å²) in [5.41, 5.74) is 3.13. The molecule has 4 aromatic rings. The number of hydrogen-bond acceptors (Lipinski definition) is 7. The Morgan fingerprint density at radius 3 is 2.47 bits per heavy atom. The Balaban J connectivity index is 1.82. The number of aryl methyl sites for hydroxylation is 2. The van der Waals surface area contributed by atoms with E-state index in [0.29, 0.717) is 38.7 Å². The van der Waals surface area contributed by atoms with Crippen molar-refractivity contribution in [2.75, 3.05) is 19.1 Å². The van der Waals surface area contributed by atoms with Crippen molar-refractivity contribution in [1.29, 1.82) is 0 Å².